The van der Waals surface area contributed by atoms with Crippen LogP contribution in [-0.4, -0.2) is 35.8 Å². The molecule has 0 aliphatic carbocycles. The number of amides is 1. The lowest BCUT2D eigenvalue weighted by Crippen LogP contribution is -2.49. The number of likely N-dealkylation sites (tertiary alicyclic amines) is 1. The van der Waals surface area contributed by atoms with E-state index in [0.717, 1.165) is 6.07 Å². The van der Waals surface area contributed by atoms with Crippen molar-refractivity contribution in [3.63, 3.8) is 0 Å². The topological polar surface area (TPSA) is 49.8 Å². The van der Waals surface area contributed by atoms with Gasteiger partial charge in [0.15, 0.2) is 0 Å². The van der Waals surface area contributed by atoms with Gasteiger partial charge in [0, 0.05) is 17.6 Å². The third-order valence-corrected chi connectivity index (χ3v) is 3.75. The Kier molecular flexibility index (Phi) is 4.65. The molecule has 116 valence electrons. The maximum Gasteiger partial charge on any atom is 0.420 e. The summed E-state index contributed by atoms with van der Waals surface area (Å²) in [7, 11) is 0. The van der Waals surface area contributed by atoms with Gasteiger partial charge in [0.2, 0.25) is 0 Å². The summed E-state index contributed by atoms with van der Waals surface area (Å²) >= 11 is 3.00. The van der Waals surface area contributed by atoms with Gasteiger partial charge < -0.3 is 14.7 Å². The van der Waals surface area contributed by atoms with Crippen molar-refractivity contribution in [1.29, 1.82) is 0 Å². The van der Waals surface area contributed by atoms with Gasteiger partial charge in [-0.25, -0.2) is 4.79 Å². The van der Waals surface area contributed by atoms with Gasteiger partial charge in [-0.05, 0) is 30.5 Å². The molecule has 8 heteroatoms. The average Bonchev–Trinajstić information content (AvgIpc) is 2.31. The highest BCUT2D eigenvalue weighted by Gasteiger charge is 2.35. The van der Waals surface area contributed by atoms with E-state index in [0.29, 0.717) is 24.0 Å². The molecule has 0 bridgehead atoms. The number of hydrogen-bond donors (Lipinski definition) is 1. The minimum absolute atomic E-state index is 0.128. The van der Waals surface area contributed by atoms with Crippen molar-refractivity contribution in [3.05, 3.63) is 28.2 Å². The van der Waals surface area contributed by atoms with Gasteiger partial charge in [-0.3, -0.25) is 0 Å². The van der Waals surface area contributed by atoms with E-state index in [9.17, 15) is 18.0 Å². The van der Waals surface area contributed by atoms with Gasteiger partial charge in [0.1, 0.15) is 5.75 Å². The van der Waals surface area contributed by atoms with Gasteiger partial charge in [-0.15, -0.1) is 0 Å². The summed E-state index contributed by atoms with van der Waals surface area (Å²) in [6.07, 6.45) is -4.92. The van der Waals surface area contributed by atoms with Gasteiger partial charge in [0.25, 0.3) is 0 Å². The number of nitrogens with zero attached hydrogens (tertiary/aromatic N) is 1. The van der Waals surface area contributed by atoms with Gasteiger partial charge in [-0.2, -0.15) is 13.2 Å². The van der Waals surface area contributed by atoms with Crippen LogP contribution in [0.4, 0.5) is 18.0 Å². The van der Waals surface area contributed by atoms with E-state index in [-0.39, 0.29) is 18.3 Å². The molecule has 1 amide bonds. The van der Waals surface area contributed by atoms with E-state index in [1.165, 1.54) is 17.0 Å². The molecule has 1 heterocycles. The number of halogens is 4. The molecular formula is C13H13BrF3NO3. The number of carboxylic acid groups (broad SMARTS) is 1. The van der Waals surface area contributed by atoms with Crippen molar-refractivity contribution in [3.8, 4) is 5.75 Å². The molecule has 1 fully saturated rings. The molecule has 1 saturated heterocycles. The summed E-state index contributed by atoms with van der Waals surface area (Å²) in [6.45, 7) is 0.944. The molecule has 0 radical (unpaired) electrons. The molecule has 21 heavy (non-hydrogen) atoms. The van der Waals surface area contributed by atoms with Gasteiger partial charge >= 0.3 is 12.3 Å². The third kappa shape index (κ3) is 4.03. The first-order valence-corrected chi connectivity index (χ1v) is 7.04. The Morgan fingerprint density at radius 3 is 2.67 bits per heavy atom. The van der Waals surface area contributed by atoms with Crippen LogP contribution in [0.3, 0.4) is 0 Å². The molecule has 0 unspecified atom stereocenters. The molecule has 0 aromatic heterocycles. The zero-order valence-corrected chi connectivity index (χ0v) is 12.4. The molecular weight excluding hydrogens is 355 g/mol. The second-order valence-corrected chi connectivity index (χ2v) is 5.74. The normalized spacial score (nSPS) is 15.7. The van der Waals surface area contributed by atoms with Gasteiger partial charge in [-0.1, -0.05) is 15.9 Å². The first-order chi connectivity index (χ1) is 9.77. The summed E-state index contributed by atoms with van der Waals surface area (Å²) in [6, 6.07) is 3.74. The van der Waals surface area contributed by atoms with Crippen LogP contribution in [0.1, 0.15) is 12.0 Å². The molecule has 2 rings (SSSR count). The zero-order chi connectivity index (χ0) is 15.6. The minimum atomic E-state index is -4.48. The monoisotopic (exact) mass is 367 g/mol. The Morgan fingerprint density at radius 2 is 2.10 bits per heavy atom. The number of benzene rings is 1. The van der Waals surface area contributed by atoms with Crippen molar-refractivity contribution in [2.24, 2.45) is 5.92 Å². The predicted molar refractivity (Wildman–Crippen MR) is 72.3 cm³/mol. The highest BCUT2D eigenvalue weighted by Crippen LogP contribution is 2.38. The molecule has 1 aromatic carbocycles. The van der Waals surface area contributed by atoms with Crippen LogP contribution in [-0.2, 0) is 6.18 Å². The second-order valence-electron chi connectivity index (χ2n) is 4.83. The number of rotatable bonds is 4. The first-order valence-electron chi connectivity index (χ1n) is 6.25. The van der Waals surface area contributed by atoms with E-state index in [4.69, 9.17) is 9.84 Å². The van der Waals surface area contributed by atoms with E-state index in [1.807, 2.05) is 0 Å². The number of hydrogen-bond acceptors (Lipinski definition) is 2. The van der Waals surface area contributed by atoms with E-state index in [1.54, 1.807) is 0 Å². The second kappa shape index (κ2) is 6.13. The van der Waals surface area contributed by atoms with Crippen molar-refractivity contribution in [1.82, 2.24) is 4.90 Å². The number of carbonyl (C=O) groups is 1. The summed E-state index contributed by atoms with van der Waals surface area (Å²) < 4.78 is 44.1. The molecule has 1 aliphatic rings. The van der Waals surface area contributed by atoms with Crippen LogP contribution < -0.4 is 4.74 Å². The fourth-order valence-electron chi connectivity index (χ4n) is 2.09. The Morgan fingerprint density at radius 1 is 1.43 bits per heavy atom. The van der Waals surface area contributed by atoms with Crippen LogP contribution in [0.5, 0.6) is 5.75 Å². The summed E-state index contributed by atoms with van der Waals surface area (Å²) in [5, 5.41) is 8.67. The molecule has 4 nitrogen and oxygen atoms in total. The summed E-state index contributed by atoms with van der Waals surface area (Å²) in [4.78, 5) is 11.8. The molecule has 0 atom stereocenters. The average molecular weight is 368 g/mol. The molecule has 0 saturated carbocycles. The van der Waals surface area contributed by atoms with Crippen LogP contribution in [0.25, 0.3) is 0 Å². The molecule has 1 N–H and O–H groups in total. The van der Waals surface area contributed by atoms with E-state index in [2.05, 4.69) is 15.9 Å². The maximum atomic E-state index is 12.9. The molecule has 1 aromatic rings. The first kappa shape index (κ1) is 15.9. The SMILES string of the molecule is O=C(O)N1CC(CCOc2ccc(Br)cc2C(F)(F)F)C1. The van der Waals surface area contributed by atoms with Crippen LogP contribution in [0, 0.1) is 5.92 Å². The van der Waals surface area contributed by atoms with Crippen molar-refractivity contribution < 1.29 is 27.8 Å². The standard InChI is InChI=1S/C13H13BrF3NO3/c14-9-1-2-11(10(5-9)13(15,16)17)21-4-3-8-6-18(7-8)12(19)20/h1-2,5,8H,3-4,6-7H2,(H,19,20). The number of ether oxygens (including phenoxy) is 1. The molecule has 1 aliphatic heterocycles. The third-order valence-electron chi connectivity index (χ3n) is 3.26. The Hall–Kier alpha value is -1.44. The van der Waals surface area contributed by atoms with Crippen LogP contribution >= 0.6 is 15.9 Å². The largest absolute Gasteiger partial charge is 0.493 e. The minimum Gasteiger partial charge on any atom is -0.493 e. The maximum absolute atomic E-state index is 12.9. The highest BCUT2D eigenvalue weighted by atomic mass is 79.9. The lowest BCUT2D eigenvalue weighted by molar-refractivity contribution is -0.139. The summed E-state index contributed by atoms with van der Waals surface area (Å²) in [5.74, 6) is -0.0639. The number of alkyl halides is 3. The van der Waals surface area contributed by atoms with Crippen LogP contribution in [0.2, 0.25) is 0 Å². The smallest absolute Gasteiger partial charge is 0.420 e. The lowest BCUT2D eigenvalue weighted by atomic mass is 9.97. The zero-order valence-electron chi connectivity index (χ0n) is 10.9. The highest BCUT2D eigenvalue weighted by molar-refractivity contribution is 9.10. The lowest BCUT2D eigenvalue weighted by Gasteiger charge is -2.37. The predicted octanol–water partition coefficient (Wildman–Crippen LogP) is 3.85. The quantitative estimate of drug-likeness (QED) is 0.879. The fourth-order valence-corrected chi connectivity index (χ4v) is 2.45. The van der Waals surface area contributed by atoms with Crippen molar-refractivity contribution in [2.75, 3.05) is 19.7 Å². The Balaban J connectivity index is 1.88. The molecule has 0 spiro atoms. The van der Waals surface area contributed by atoms with Crippen molar-refractivity contribution in [2.45, 2.75) is 12.6 Å². The Labute approximate surface area is 127 Å². The fraction of sp³-hybridized carbons (Fsp3) is 0.462. The van der Waals surface area contributed by atoms with E-state index < -0.39 is 17.8 Å². The van der Waals surface area contributed by atoms with Crippen LogP contribution in [0.15, 0.2) is 22.7 Å². The van der Waals surface area contributed by atoms with E-state index >= 15 is 0 Å². The Bertz CT molecular complexity index is 530. The summed E-state index contributed by atoms with van der Waals surface area (Å²) in [5.41, 5.74) is -0.822. The van der Waals surface area contributed by atoms with Gasteiger partial charge in [0.05, 0.1) is 12.2 Å². The van der Waals surface area contributed by atoms with Crippen molar-refractivity contribution >= 4 is 22.0 Å².